The van der Waals surface area contributed by atoms with Gasteiger partial charge in [0, 0.05) is 10.9 Å². The zero-order valence-electron chi connectivity index (χ0n) is 22.8. The standard InChI is InChI=1S/C35H34OS/c1-20-12-23(4)32(24(5)13-20)27-16-28(33-25(6)14-21(2)15-26(33)7)18-29(17-27)35-34(36)31(19-37-35)30-11-9-8-10-22(30)3/h8-19,36H,1-7H3. The number of thiophene rings is 1. The van der Waals surface area contributed by atoms with Crippen LogP contribution in [0.5, 0.6) is 5.75 Å². The van der Waals surface area contributed by atoms with E-state index < -0.39 is 0 Å². The minimum absolute atomic E-state index is 0.358. The van der Waals surface area contributed by atoms with Crippen LogP contribution in [0.4, 0.5) is 0 Å². The average Bonchev–Trinajstić information content (AvgIpc) is 3.19. The SMILES string of the molecule is Cc1cc(C)c(-c2cc(-c3scc(-c4ccccc4C)c3O)cc(-c3c(C)cc(C)cc3C)c2)c(C)c1. The van der Waals surface area contributed by atoms with E-state index in [1.54, 1.807) is 11.3 Å². The van der Waals surface area contributed by atoms with Crippen molar-refractivity contribution >= 4 is 11.3 Å². The van der Waals surface area contributed by atoms with Gasteiger partial charge < -0.3 is 5.11 Å². The van der Waals surface area contributed by atoms with Gasteiger partial charge in [-0.2, -0.15) is 0 Å². The van der Waals surface area contributed by atoms with Gasteiger partial charge in [0.2, 0.25) is 0 Å². The molecule has 0 saturated heterocycles. The van der Waals surface area contributed by atoms with Gasteiger partial charge in [0.15, 0.2) is 0 Å². The van der Waals surface area contributed by atoms with Crippen molar-refractivity contribution in [1.29, 1.82) is 0 Å². The van der Waals surface area contributed by atoms with Crippen molar-refractivity contribution in [3.05, 3.63) is 111 Å². The van der Waals surface area contributed by atoms with Gasteiger partial charge in [-0.25, -0.2) is 0 Å². The van der Waals surface area contributed by atoms with Crippen molar-refractivity contribution < 1.29 is 5.11 Å². The molecule has 0 unspecified atom stereocenters. The summed E-state index contributed by atoms with van der Waals surface area (Å²) in [7, 11) is 0. The Morgan fingerprint density at radius 1 is 0.514 bits per heavy atom. The van der Waals surface area contributed by atoms with Crippen LogP contribution in [0.2, 0.25) is 0 Å². The predicted molar refractivity (Wildman–Crippen MR) is 161 cm³/mol. The fraction of sp³-hybridized carbons (Fsp3) is 0.200. The summed E-state index contributed by atoms with van der Waals surface area (Å²) in [4.78, 5) is 0.909. The summed E-state index contributed by atoms with van der Waals surface area (Å²) in [5, 5.41) is 13.6. The maximum absolute atomic E-state index is 11.5. The van der Waals surface area contributed by atoms with Crippen molar-refractivity contribution in [3.8, 4) is 49.6 Å². The molecule has 186 valence electrons. The first-order chi connectivity index (χ1) is 17.6. The monoisotopic (exact) mass is 502 g/mol. The van der Waals surface area contributed by atoms with Crippen LogP contribution in [-0.4, -0.2) is 5.11 Å². The number of rotatable bonds is 4. The predicted octanol–water partition coefficient (Wildman–Crippen LogP) is 10.3. The molecule has 1 aromatic heterocycles. The van der Waals surface area contributed by atoms with E-state index in [9.17, 15) is 5.11 Å². The molecule has 0 aliphatic carbocycles. The van der Waals surface area contributed by atoms with Crippen LogP contribution in [0, 0.1) is 48.5 Å². The van der Waals surface area contributed by atoms with Crippen molar-refractivity contribution in [2.45, 2.75) is 48.5 Å². The molecule has 0 fully saturated rings. The molecule has 0 bridgehead atoms. The molecule has 0 saturated carbocycles. The van der Waals surface area contributed by atoms with E-state index in [4.69, 9.17) is 0 Å². The van der Waals surface area contributed by atoms with Gasteiger partial charge in [0.25, 0.3) is 0 Å². The normalized spacial score (nSPS) is 11.2. The summed E-state index contributed by atoms with van der Waals surface area (Å²) in [5.74, 6) is 0.358. The highest BCUT2D eigenvalue weighted by Crippen LogP contribution is 2.47. The van der Waals surface area contributed by atoms with Crippen LogP contribution < -0.4 is 0 Å². The lowest BCUT2D eigenvalue weighted by atomic mass is 9.87. The summed E-state index contributed by atoms with van der Waals surface area (Å²) in [5.41, 5.74) is 16.7. The summed E-state index contributed by atoms with van der Waals surface area (Å²) >= 11 is 1.61. The highest BCUT2D eigenvalue weighted by Gasteiger charge is 2.19. The second-order valence-corrected chi connectivity index (χ2v) is 11.4. The Morgan fingerprint density at radius 2 is 0.973 bits per heavy atom. The number of aryl methyl sites for hydroxylation is 7. The summed E-state index contributed by atoms with van der Waals surface area (Å²) in [6, 6.07) is 24.1. The molecule has 5 rings (SSSR count). The van der Waals surface area contributed by atoms with E-state index in [-0.39, 0.29) is 0 Å². The third-order valence-electron chi connectivity index (χ3n) is 7.33. The number of benzene rings is 4. The van der Waals surface area contributed by atoms with Gasteiger partial charge in [0.05, 0.1) is 4.88 Å². The highest BCUT2D eigenvalue weighted by molar-refractivity contribution is 7.14. The van der Waals surface area contributed by atoms with Gasteiger partial charge in [-0.1, -0.05) is 59.7 Å². The van der Waals surface area contributed by atoms with Gasteiger partial charge in [0.1, 0.15) is 5.75 Å². The van der Waals surface area contributed by atoms with Crippen LogP contribution in [0.25, 0.3) is 43.8 Å². The molecular formula is C35H34OS. The van der Waals surface area contributed by atoms with E-state index in [0.29, 0.717) is 5.75 Å². The Balaban J connectivity index is 1.78. The molecule has 1 N–H and O–H groups in total. The first-order valence-electron chi connectivity index (χ1n) is 12.8. The topological polar surface area (TPSA) is 20.2 Å². The Kier molecular flexibility index (Phi) is 6.56. The molecule has 0 spiro atoms. The molecule has 2 heteroatoms. The summed E-state index contributed by atoms with van der Waals surface area (Å²) in [6.45, 7) is 15.2. The van der Waals surface area contributed by atoms with Crippen molar-refractivity contribution in [1.82, 2.24) is 0 Å². The lowest BCUT2D eigenvalue weighted by Crippen LogP contribution is -1.94. The minimum Gasteiger partial charge on any atom is -0.506 e. The molecular weight excluding hydrogens is 468 g/mol. The van der Waals surface area contributed by atoms with E-state index in [1.165, 1.54) is 55.6 Å². The summed E-state index contributed by atoms with van der Waals surface area (Å²) in [6.07, 6.45) is 0. The van der Waals surface area contributed by atoms with Crippen molar-refractivity contribution in [2.24, 2.45) is 0 Å². The van der Waals surface area contributed by atoms with Gasteiger partial charge >= 0.3 is 0 Å². The van der Waals surface area contributed by atoms with E-state index in [2.05, 4.69) is 108 Å². The van der Waals surface area contributed by atoms with Gasteiger partial charge in [-0.05, 0) is 128 Å². The molecule has 1 heterocycles. The van der Waals surface area contributed by atoms with E-state index >= 15 is 0 Å². The van der Waals surface area contributed by atoms with Crippen LogP contribution in [-0.2, 0) is 0 Å². The first-order valence-corrected chi connectivity index (χ1v) is 13.7. The van der Waals surface area contributed by atoms with Crippen LogP contribution >= 0.6 is 11.3 Å². The Morgan fingerprint density at radius 3 is 1.46 bits per heavy atom. The van der Waals surface area contributed by atoms with Crippen molar-refractivity contribution in [3.63, 3.8) is 0 Å². The molecule has 0 radical (unpaired) electrons. The molecule has 0 atom stereocenters. The maximum atomic E-state index is 11.5. The van der Waals surface area contributed by atoms with Crippen LogP contribution in [0.15, 0.2) is 72.1 Å². The fourth-order valence-electron chi connectivity index (χ4n) is 5.94. The molecule has 0 aliphatic heterocycles. The second-order valence-electron chi connectivity index (χ2n) is 10.5. The lowest BCUT2D eigenvalue weighted by Gasteiger charge is -2.18. The fourth-order valence-corrected chi connectivity index (χ4v) is 6.89. The quantitative estimate of drug-likeness (QED) is 0.259. The number of hydrogen-bond donors (Lipinski definition) is 1. The summed E-state index contributed by atoms with van der Waals surface area (Å²) < 4.78 is 0. The highest BCUT2D eigenvalue weighted by atomic mass is 32.1. The third-order valence-corrected chi connectivity index (χ3v) is 8.34. The Hall–Kier alpha value is -3.62. The number of hydrogen-bond acceptors (Lipinski definition) is 2. The van der Waals surface area contributed by atoms with Crippen LogP contribution in [0.3, 0.4) is 0 Å². The van der Waals surface area contributed by atoms with E-state index in [1.807, 2.05) is 12.1 Å². The number of aromatic hydroxyl groups is 1. The maximum Gasteiger partial charge on any atom is 0.142 e. The molecule has 1 nitrogen and oxygen atoms in total. The lowest BCUT2D eigenvalue weighted by molar-refractivity contribution is 0.481. The molecule has 37 heavy (non-hydrogen) atoms. The minimum atomic E-state index is 0.358. The van der Waals surface area contributed by atoms with E-state index in [0.717, 1.165) is 27.1 Å². The zero-order valence-corrected chi connectivity index (χ0v) is 23.6. The Bertz CT molecular complexity index is 1530. The first kappa shape index (κ1) is 25.0. The van der Waals surface area contributed by atoms with Gasteiger partial charge in [-0.15, -0.1) is 11.3 Å². The molecule has 0 aliphatic rings. The smallest absolute Gasteiger partial charge is 0.142 e. The second kappa shape index (κ2) is 9.68. The average molecular weight is 503 g/mol. The Labute approximate surface area is 225 Å². The molecule has 5 aromatic rings. The van der Waals surface area contributed by atoms with Crippen LogP contribution in [0.1, 0.15) is 38.9 Å². The molecule has 4 aromatic carbocycles. The third kappa shape index (κ3) is 4.63. The molecule has 0 amide bonds. The van der Waals surface area contributed by atoms with Crippen molar-refractivity contribution in [2.75, 3.05) is 0 Å². The van der Waals surface area contributed by atoms with Gasteiger partial charge in [-0.3, -0.25) is 0 Å². The zero-order chi connectivity index (χ0) is 26.4. The largest absolute Gasteiger partial charge is 0.506 e.